The summed E-state index contributed by atoms with van der Waals surface area (Å²) in [7, 11) is 0. The number of ketones is 1. The van der Waals surface area contributed by atoms with Gasteiger partial charge in [0.15, 0.2) is 0 Å². The monoisotopic (exact) mass is 316 g/mol. The minimum Gasteiger partial charge on any atom is -0.481 e. The highest BCUT2D eigenvalue weighted by Gasteiger charge is 2.30. The number of hydrogen-bond donors (Lipinski definition) is 1. The predicted octanol–water partition coefficient (Wildman–Crippen LogP) is 3.95. The van der Waals surface area contributed by atoms with Gasteiger partial charge >= 0.3 is 12.1 Å². The summed E-state index contributed by atoms with van der Waals surface area (Å²) < 4.78 is 37.3. The fraction of sp³-hybridized carbons (Fsp3) is 0.500. The van der Waals surface area contributed by atoms with Crippen LogP contribution in [-0.2, 0) is 22.2 Å². The topological polar surface area (TPSA) is 54.4 Å². The minimum atomic E-state index is -4.41. The highest BCUT2D eigenvalue weighted by Crippen LogP contribution is 2.29. The lowest BCUT2D eigenvalue weighted by molar-refractivity contribution is -0.144. The van der Waals surface area contributed by atoms with Crippen LogP contribution in [0.4, 0.5) is 13.2 Å². The minimum absolute atomic E-state index is 0.0555. The molecule has 0 bridgehead atoms. The number of rotatable bonds is 7. The van der Waals surface area contributed by atoms with E-state index in [0.717, 1.165) is 12.1 Å². The molecule has 0 radical (unpaired) electrons. The van der Waals surface area contributed by atoms with E-state index in [2.05, 4.69) is 0 Å². The number of carboxylic acids is 1. The third-order valence-electron chi connectivity index (χ3n) is 3.26. The van der Waals surface area contributed by atoms with Crippen LogP contribution in [0.15, 0.2) is 24.3 Å². The quantitative estimate of drug-likeness (QED) is 0.828. The number of hydrogen-bond acceptors (Lipinski definition) is 2. The Labute approximate surface area is 127 Å². The standard InChI is InChI=1S/C16H19F3O3/c1-10(2)7-12(15(21)22)9-14(20)8-11-3-5-13(6-4-11)16(17,18)19/h3-6,10,12H,7-9H2,1-2H3,(H,21,22). The largest absolute Gasteiger partial charge is 0.481 e. The molecule has 0 saturated heterocycles. The molecule has 0 heterocycles. The molecule has 1 aromatic carbocycles. The molecule has 0 aliphatic carbocycles. The second-order valence-corrected chi connectivity index (χ2v) is 5.78. The number of benzene rings is 1. The van der Waals surface area contributed by atoms with Crippen LogP contribution in [0.2, 0.25) is 0 Å². The number of halogens is 3. The Morgan fingerprint density at radius 2 is 1.68 bits per heavy atom. The molecule has 1 rings (SSSR count). The Bertz CT molecular complexity index is 518. The molecule has 0 saturated carbocycles. The first-order valence-electron chi connectivity index (χ1n) is 7.00. The average molecular weight is 316 g/mol. The highest BCUT2D eigenvalue weighted by atomic mass is 19.4. The summed E-state index contributed by atoms with van der Waals surface area (Å²) in [4.78, 5) is 23.0. The number of carbonyl (C=O) groups excluding carboxylic acids is 1. The van der Waals surface area contributed by atoms with Gasteiger partial charge in [-0.3, -0.25) is 9.59 Å². The molecular weight excluding hydrogens is 297 g/mol. The van der Waals surface area contributed by atoms with Crippen molar-refractivity contribution in [1.29, 1.82) is 0 Å². The van der Waals surface area contributed by atoms with Crippen LogP contribution in [0.3, 0.4) is 0 Å². The molecule has 0 fully saturated rings. The Hall–Kier alpha value is -1.85. The number of alkyl halides is 3. The summed E-state index contributed by atoms with van der Waals surface area (Å²) in [5, 5.41) is 9.09. The predicted molar refractivity (Wildman–Crippen MR) is 75.4 cm³/mol. The summed E-state index contributed by atoms with van der Waals surface area (Å²) >= 11 is 0. The van der Waals surface area contributed by atoms with Crippen molar-refractivity contribution >= 4 is 11.8 Å². The second kappa shape index (κ2) is 7.42. The van der Waals surface area contributed by atoms with E-state index in [4.69, 9.17) is 5.11 Å². The maximum atomic E-state index is 12.4. The first-order valence-corrected chi connectivity index (χ1v) is 7.00. The summed E-state index contributed by atoms with van der Waals surface area (Å²) in [6.07, 6.45) is -4.17. The third-order valence-corrected chi connectivity index (χ3v) is 3.26. The van der Waals surface area contributed by atoms with Crippen molar-refractivity contribution in [1.82, 2.24) is 0 Å². The molecule has 3 nitrogen and oxygen atoms in total. The number of carbonyl (C=O) groups is 2. The Morgan fingerprint density at radius 3 is 2.09 bits per heavy atom. The van der Waals surface area contributed by atoms with Crippen molar-refractivity contribution in [2.75, 3.05) is 0 Å². The Morgan fingerprint density at radius 1 is 1.14 bits per heavy atom. The van der Waals surface area contributed by atoms with Gasteiger partial charge in [-0.25, -0.2) is 0 Å². The summed E-state index contributed by atoms with van der Waals surface area (Å²) in [5.41, 5.74) is -0.321. The normalized spacial score (nSPS) is 13.2. The van der Waals surface area contributed by atoms with Crippen LogP contribution in [0.1, 0.15) is 37.8 Å². The van der Waals surface area contributed by atoms with E-state index in [0.29, 0.717) is 12.0 Å². The second-order valence-electron chi connectivity index (χ2n) is 5.78. The van der Waals surface area contributed by atoms with Gasteiger partial charge in [-0.05, 0) is 30.0 Å². The maximum absolute atomic E-state index is 12.4. The van der Waals surface area contributed by atoms with E-state index >= 15 is 0 Å². The van der Waals surface area contributed by atoms with E-state index in [1.54, 1.807) is 0 Å². The number of carboxylic acid groups (broad SMARTS) is 1. The van der Waals surface area contributed by atoms with Gasteiger partial charge in [0.25, 0.3) is 0 Å². The van der Waals surface area contributed by atoms with Crippen LogP contribution in [-0.4, -0.2) is 16.9 Å². The fourth-order valence-electron chi connectivity index (χ4n) is 2.23. The van der Waals surface area contributed by atoms with Crippen LogP contribution in [0.25, 0.3) is 0 Å². The smallest absolute Gasteiger partial charge is 0.416 e. The summed E-state index contributed by atoms with van der Waals surface area (Å²) in [6.45, 7) is 3.74. The van der Waals surface area contributed by atoms with Crippen molar-refractivity contribution in [3.05, 3.63) is 35.4 Å². The van der Waals surface area contributed by atoms with Crippen molar-refractivity contribution < 1.29 is 27.9 Å². The molecule has 0 aliphatic rings. The average Bonchev–Trinajstić information content (AvgIpc) is 2.36. The number of Topliss-reactive ketones (excluding diaryl/α,β-unsaturated/α-hetero) is 1. The Balaban J connectivity index is 2.66. The van der Waals surface area contributed by atoms with Crippen LogP contribution in [0, 0.1) is 11.8 Å². The zero-order valence-electron chi connectivity index (χ0n) is 12.5. The zero-order chi connectivity index (χ0) is 16.9. The molecule has 1 unspecified atom stereocenters. The lowest BCUT2D eigenvalue weighted by Gasteiger charge is -2.14. The van der Waals surface area contributed by atoms with Gasteiger partial charge in [-0.15, -0.1) is 0 Å². The van der Waals surface area contributed by atoms with Crippen LogP contribution < -0.4 is 0 Å². The fourth-order valence-corrected chi connectivity index (χ4v) is 2.23. The van der Waals surface area contributed by atoms with E-state index in [1.807, 2.05) is 13.8 Å². The van der Waals surface area contributed by atoms with Gasteiger partial charge in [0.2, 0.25) is 0 Å². The van der Waals surface area contributed by atoms with E-state index in [9.17, 15) is 22.8 Å². The molecule has 22 heavy (non-hydrogen) atoms. The maximum Gasteiger partial charge on any atom is 0.416 e. The van der Waals surface area contributed by atoms with Gasteiger partial charge < -0.3 is 5.11 Å². The first-order chi connectivity index (χ1) is 10.1. The molecular formula is C16H19F3O3. The summed E-state index contributed by atoms with van der Waals surface area (Å²) in [6, 6.07) is 4.34. The van der Waals surface area contributed by atoms with Gasteiger partial charge in [0, 0.05) is 12.8 Å². The highest BCUT2D eigenvalue weighted by molar-refractivity contribution is 5.85. The van der Waals surface area contributed by atoms with E-state index in [-0.39, 0.29) is 24.5 Å². The lowest BCUT2D eigenvalue weighted by atomic mass is 9.91. The van der Waals surface area contributed by atoms with Gasteiger partial charge in [0.1, 0.15) is 5.78 Å². The van der Waals surface area contributed by atoms with Crippen molar-refractivity contribution in [2.45, 2.75) is 39.3 Å². The zero-order valence-corrected chi connectivity index (χ0v) is 12.5. The molecule has 6 heteroatoms. The van der Waals surface area contributed by atoms with Gasteiger partial charge in [0.05, 0.1) is 11.5 Å². The number of aliphatic carboxylic acids is 1. The molecule has 0 spiro atoms. The first kappa shape index (κ1) is 18.2. The molecule has 122 valence electrons. The van der Waals surface area contributed by atoms with E-state index < -0.39 is 23.6 Å². The van der Waals surface area contributed by atoms with Gasteiger partial charge in [-0.1, -0.05) is 26.0 Å². The SMILES string of the molecule is CC(C)CC(CC(=O)Cc1ccc(C(F)(F)F)cc1)C(=O)O. The molecule has 1 N–H and O–H groups in total. The third kappa shape index (κ3) is 5.87. The van der Waals surface area contributed by atoms with Gasteiger partial charge in [-0.2, -0.15) is 13.2 Å². The van der Waals surface area contributed by atoms with Crippen LogP contribution in [0.5, 0.6) is 0 Å². The van der Waals surface area contributed by atoms with Crippen molar-refractivity contribution in [2.24, 2.45) is 11.8 Å². The van der Waals surface area contributed by atoms with Crippen molar-refractivity contribution in [3.8, 4) is 0 Å². The Kier molecular flexibility index (Phi) is 6.14. The lowest BCUT2D eigenvalue weighted by Crippen LogP contribution is -2.20. The molecule has 0 amide bonds. The molecule has 1 aromatic rings. The molecule has 0 aromatic heterocycles. The summed E-state index contributed by atoms with van der Waals surface area (Å²) in [5.74, 6) is -1.90. The van der Waals surface area contributed by atoms with Crippen LogP contribution >= 0.6 is 0 Å². The molecule has 1 atom stereocenters. The van der Waals surface area contributed by atoms with E-state index in [1.165, 1.54) is 12.1 Å². The van der Waals surface area contributed by atoms with Crippen molar-refractivity contribution in [3.63, 3.8) is 0 Å². The molecule has 0 aliphatic heterocycles.